The Bertz CT molecular complexity index is 972. The van der Waals surface area contributed by atoms with Crippen LogP contribution in [0.2, 0.25) is 5.02 Å². The first-order chi connectivity index (χ1) is 15.7. The molecule has 5 rings (SSSR count). The third-order valence-electron chi connectivity index (χ3n) is 6.82. The van der Waals surface area contributed by atoms with Crippen molar-refractivity contribution in [1.29, 1.82) is 0 Å². The van der Waals surface area contributed by atoms with E-state index in [2.05, 4.69) is 43.8 Å². The van der Waals surface area contributed by atoms with E-state index in [4.69, 9.17) is 16.3 Å². The molecule has 3 fully saturated rings. The van der Waals surface area contributed by atoms with Gasteiger partial charge in [0.1, 0.15) is 5.60 Å². The van der Waals surface area contributed by atoms with Gasteiger partial charge in [-0.05, 0) is 57.4 Å². The number of fused-ring (bicyclic) bond motifs is 1. The quantitative estimate of drug-likeness (QED) is 0.373. The first kappa shape index (κ1) is 22.5. The predicted molar refractivity (Wildman–Crippen MR) is 131 cm³/mol. The van der Waals surface area contributed by atoms with Crippen molar-refractivity contribution in [1.82, 2.24) is 14.7 Å². The number of likely N-dealkylation sites (tertiary alicyclic amines) is 2. The van der Waals surface area contributed by atoms with Crippen LogP contribution >= 0.6 is 11.6 Å². The second kappa shape index (κ2) is 8.17. The molecule has 1 aromatic carbocycles. The molecular formula is C24H33ClN6O2. The highest BCUT2D eigenvalue weighted by molar-refractivity contribution is 6.30. The Morgan fingerprint density at radius 1 is 1.15 bits per heavy atom. The van der Waals surface area contributed by atoms with E-state index in [1.165, 1.54) is 18.4 Å². The van der Waals surface area contributed by atoms with Crippen molar-refractivity contribution in [3.8, 4) is 0 Å². The van der Waals surface area contributed by atoms with Crippen LogP contribution in [-0.4, -0.2) is 84.4 Å². The molecule has 178 valence electrons. The highest BCUT2D eigenvalue weighted by Gasteiger charge is 2.55. The lowest BCUT2D eigenvalue weighted by molar-refractivity contribution is -0.0892. The summed E-state index contributed by atoms with van der Waals surface area (Å²) in [6.07, 6.45) is 2.31. The Hall–Kier alpha value is -2.32. The molecule has 1 spiro atoms. The SMILES string of the molecule is C=N/N=C(/N1CC2(CN(C(=O)OC(C)(C)C)C2)C1)N1CCN(C2CC2)Cc2cc(Cl)ccc21. The maximum atomic E-state index is 12.3. The van der Waals surface area contributed by atoms with Gasteiger partial charge in [-0.15, -0.1) is 5.10 Å². The molecule has 0 unspecified atom stereocenters. The fourth-order valence-electron chi connectivity index (χ4n) is 5.22. The first-order valence-corrected chi connectivity index (χ1v) is 12.1. The minimum Gasteiger partial charge on any atom is -0.444 e. The molecule has 1 aromatic rings. The number of rotatable bonds is 2. The first-order valence-electron chi connectivity index (χ1n) is 11.7. The largest absolute Gasteiger partial charge is 0.444 e. The number of amides is 1. The third kappa shape index (κ3) is 4.55. The van der Waals surface area contributed by atoms with Crippen molar-refractivity contribution in [2.45, 2.75) is 51.8 Å². The summed E-state index contributed by atoms with van der Waals surface area (Å²) < 4.78 is 5.51. The highest BCUT2D eigenvalue weighted by atomic mass is 35.5. The molecule has 1 amide bonds. The van der Waals surface area contributed by atoms with Crippen molar-refractivity contribution in [2.75, 3.05) is 44.2 Å². The summed E-state index contributed by atoms with van der Waals surface area (Å²) in [5.74, 6) is 0.826. The van der Waals surface area contributed by atoms with Gasteiger partial charge in [-0.1, -0.05) is 11.6 Å². The van der Waals surface area contributed by atoms with Gasteiger partial charge in [-0.2, -0.15) is 5.10 Å². The lowest BCUT2D eigenvalue weighted by Gasteiger charge is -2.60. The van der Waals surface area contributed by atoms with Crippen molar-refractivity contribution >= 4 is 36.1 Å². The number of hydrogen-bond acceptors (Lipinski definition) is 5. The molecule has 1 aliphatic carbocycles. The highest BCUT2D eigenvalue weighted by Crippen LogP contribution is 2.42. The van der Waals surface area contributed by atoms with Gasteiger partial charge in [-0.3, -0.25) is 4.90 Å². The second-order valence-electron chi connectivity index (χ2n) is 10.9. The van der Waals surface area contributed by atoms with Gasteiger partial charge in [0, 0.05) is 74.7 Å². The summed E-state index contributed by atoms with van der Waals surface area (Å²) in [5.41, 5.74) is 1.99. The Morgan fingerprint density at radius 2 is 1.85 bits per heavy atom. The summed E-state index contributed by atoms with van der Waals surface area (Å²) in [4.78, 5) is 21.2. The molecule has 3 heterocycles. The third-order valence-corrected chi connectivity index (χ3v) is 7.06. The summed E-state index contributed by atoms with van der Waals surface area (Å²) in [6.45, 7) is 15.1. The van der Waals surface area contributed by atoms with E-state index in [1.807, 2.05) is 26.8 Å². The standard InChI is InChI=1S/C24H33ClN6O2/c1-23(2,3)33-22(32)30-15-24(16-30)13-29(14-24)21(27-26-4)31-10-9-28(19-6-7-19)12-17-11-18(25)5-8-20(17)31/h5,8,11,19H,4,6-7,9-10,12-16H2,1-3H3/b27-21-. The number of carbonyl (C=O) groups excluding carboxylic acids is 1. The van der Waals surface area contributed by atoms with E-state index >= 15 is 0 Å². The van der Waals surface area contributed by atoms with Crippen LogP contribution in [-0.2, 0) is 11.3 Å². The molecule has 3 aliphatic heterocycles. The second-order valence-corrected chi connectivity index (χ2v) is 11.3. The fraction of sp³-hybridized carbons (Fsp3) is 0.625. The Balaban J connectivity index is 1.29. The Labute approximate surface area is 200 Å². The molecule has 2 saturated heterocycles. The van der Waals surface area contributed by atoms with Crippen LogP contribution in [0.25, 0.3) is 0 Å². The number of hydrogen-bond donors (Lipinski definition) is 0. The van der Waals surface area contributed by atoms with E-state index in [1.54, 1.807) is 4.90 Å². The molecule has 1 saturated carbocycles. The molecule has 0 N–H and O–H groups in total. The molecule has 9 heteroatoms. The molecule has 0 aromatic heterocycles. The number of anilines is 1. The Kier molecular flexibility index (Phi) is 5.56. The zero-order valence-electron chi connectivity index (χ0n) is 19.8. The smallest absolute Gasteiger partial charge is 0.410 e. The number of benzene rings is 1. The van der Waals surface area contributed by atoms with Gasteiger partial charge < -0.3 is 19.4 Å². The average molecular weight is 473 g/mol. The van der Waals surface area contributed by atoms with Crippen LogP contribution in [0.4, 0.5) is 10.5 Å². The van der Waals surface area contributed by atoms with E-state index in [-0.39, 0.29) is 11.5 Å². The maximum Gasteiger partial charge on any atom is 0.410 e. The number of guanidine groups is 1. The summed E-state index contributed by atoms with van der Waals surface area (Å²) in [6, 6.07) is 6.79. The monoisotopic (exact) mass is 472 g/mol. The molecule has 4 aliphatic rings. The van der Waals surface area contributed by atoms with E-state index < -0.39 is 5.60 Å². The van der Waals surface area contributed by atoms with Gasteiger partial charge in [0.25, 0.3) is 0 Å². The van der Waals surface area contributed by atoms with Crippen LogP contribution in [0, 0.1) is 5.41 Å². The van der Waals surface area contributed by atoms with Crippen molar-refractivity contribution in [3.05, 3.63) is 28.8 Å². The Morgan fingerprint density at radius 3 is 2.48 bits per heavy atom. The van der Waals surface area contributed by atoms with E-state index in [9.17, 15) is 4.79 Å². The summed E-state index contributed by atoms with van der Waals surface area (Å²) in [5, 5.41) is 9.13. The lowest BCUT2D eigenvalue weighted by Crippen LogP contribution is -2.75. The van der Waals surface area contributed by atoms with Crippen LogP contribution in [0.1, 0.15) is 39.2 Å². The van der Waals surface area contributed by atoms with Crippen LogP contribution in [0.5, 0.6) is 0 Å². The average Bonchev–Trinajstić information content (AvgIpc) is 3.49. The zero-order chi connectivity index (χ0) is 23.4. The van der Waals surface area contributed by atoms with Gasteiger partial charge >= 0.3 is 6.09 Å². The van der Waals surface area contributed by atoms with Crippen molar-refractivity contribution < 1.29 is 9.53 Å². The zero-order valence-corrected chi connectivity index (χ0v) is 20.5. The molecule has 33 heavy (non-hydrogen) atoms. The van der Waals surface area contributed by atoms with Gasteiger partial charge in [-0.25, -0.2) is 4.79 Å². The fourth-order valence-corrected chi connectivity index (χ4v) is 5.42. The molecular weight excluding hydrogens is 440 g/mol. The number of ether oxygens (including phenoxy) is 1. The molecule has 8 nitrogen and oxygen atoms in total. The van der Waals surface area contributed by atoms with E-state index in [0.29, 0.717) is 6.04 Å². The number of halogens is 1. The molecule has 0 atom stereocenters. The molecule has 0 radical (unpaired) electrons. The van der Waals surface area contributed by atoms with Crippen LogP contribution < -0.4 is 4.90 Å². The minimum absolute atomic E-state index is 0.105. The normalized spacial score (nSPS) is 22.9. The van der Waals surface area contributed by atoms with Gasteiger partial charge in [0.15, 0.2) is 0 Å². The summed E-state index contributed by atoms with van der Waals surface area (Å²) >= 11 is 6.36. The van der Waals surface area contributed by atoms with Gasteiger partial charge in [0.2, 0.25) is 5.96 Å². The lowest BCUT2D eigenvalue weighted by atomic mass is 9.73. The van der Waals surface area contributed by atoms with Crippen LogP contribution in [0.3, 0.4) is 0 Å². The number of carbonyl (C=O) groups is 1. The van der Waals surface area contributed by atoms with Crippen molar-refractivity contribution in [3.63, 3.8) is 0 Å². The summed E-state index contributed by atoms with van der Waals surface area (Å²) in [7, 11) is 0. The van der Waals surface area contributed by atoms with Crippen molar-refractivity contribution in [2.24, 2.45) is 15.6 Å². The van der Waals surface area contributed by atoms with Gasteiger partial charge in [0.05, 0.1) is 0 Å². The predicted octanol–water partition coefficient (Wildman–Crippen LogP) is 3.65. The molecule has 0 bridgehead atoms. The number of nitrogens with zero attached hydrogens (tertiary/aromatic N) is 6. The minimum atomic E-state index is -0.474. The topological polar surface area (TPSA) is 64.0 Å². The van der Waals surface area contributed by atoms with Crippen LogP contribution in [0.15, 0.2) is 28.4 Å². The maximum absolute atomic E-state index is 12.3. The van der Waals surface area contributed by atoms with E-state index in [0.717, 1.165) is 62.5 Å².